The van der Waals surface area contributed by atoms with Crippen LogP contribution in [0.5, 0.6) is 5.75 Å². The Morgan fingerprint density at radius 3 is 2.23 bits per heavy atom. The van der Waals surface area contributed by atoms with Crippen LogP contribution in [0.2, 0.25) is 0 Å². The quantitative estimate of drug-likeness (QED) is 0.114. The Hall–Kier alpha value is -5.17. The number of benzene rings is 4. The minimum Gasteiger partial charge on any atom is -0.505 e. The number of anilines is 2. The van der Waals surface area contributed by atoms with Crippen molar-refractivity contribution >= 4 is 65.3 Å². The average Bonchev–Trinajstić information content (AvgIpc) is 2.97. The molecule has 0 saturated carbocycles. The summed E-state index contributed by atoms with van der Waals surface area (Å²) < 4.78 is 52.7. The van der Waals surface area contributed by atoms with E-state index in [0.717, 1.165) is 17.7 Å². The predicted molar refractivity (Wildman–Crippen MR) is 163 cm³/mol. The van der Waals surface area contributed by atoms with E-state index in [4.69, 9.17) is 5.14 Å². The predicted octanol–water partition coefficient (Wildman–Crippen LogP) is 4.75. The van der Waals surface area contributed by atoms with Gasteiger partial charge in [-0.2, -0.15) is 5.26 Å². The summed E-state index contributed by atoms with van der Waals surface area (Å²) in [5.74, 6) is -2.85. The maximum absolute atomic E-state index is 13.4. The molecule has 4 aromatic rings. The average molecular weight is 635 g/mol. The van der Waals surface area contributed by atoms with Gasteiger partial charge in [-0.05, 0) is 55.0 Å². The van der Waals surface area contributed by atoms with E-state index in [1.54, 1.807) is 25.1 Å². The number of aromatic hydroxyl groups is 1. The normalized spacial score (nSPS) is 11.9. The van der Waals surface area contributed by atoms with Crippen molar-refractivity contribution in [1.82, 2.24) is 0 Å². The molecule has 0 fully saturated rings. The van der Waals surface area contributed by atoms with Gasteiger partial charge < -0.3 is 10.4 Å². The zero-order chi connectivity index (χ0) is 32.4. The third-order valence-electron chi connectivity index (χ3n) is 6.33. The van der Waals surface area contributed by atoms with Crippen LogP contribution in [0.25, 0.3) is 10.8 Å². The topological polar surface area (TPSA) is 221 Å². The number of nitriles is 1. The minimum atomic E-state index is -4.43. The van der Waals surface area contributed by atoms with Crippen molar-refractivity contribution in [2.24, 2.45) is 21.3 Å². The lowest BCUT2D eigenvalue weighted by atomic mass is 10.0. The highest BCUT2D eigenvalue weighted by molar-refractivity contribution is 7.93. The van der Waals surface area contributed by atoms with Gasteiger partial charge >= 0.3 is 0 Å². The molecule has 1 amide bonds. The van der Waals surface area contributed by atoms with Crippen LogP contribution >= 0.6 is 0 Å². The number of primary sulfonamides is 1. The summed E-state index contributed by atoms with van der Waals surface area (Å²) in [5.41, 5.74) is 0.870. The van der Waals surface area contributed by atoms with E-state index in [0.29, 0.717) is 0 Å². The Morgan fingerprint density at radius 2 is 1.57 bits per heavy atom. The number of amides is 1. The molecule has 0 aliphatic heterocycles. The summed E-state index contributed by atoms with van der Waals surface area (Å²) in [5, 5.41) is 36.7. The van der Waals surface area contributed by atoms with Gasteiger partial charge in [0.15, 0.2) is 0 Å². The number of carbonyl (C=O) groups excluding carboxylic acids is 2. The Labute approximate surface area is 253 Å². The molecular formula is C29H26N6O7S2. The molecule has 15 heteroatoms. The van der Waals surface area contributed by atoms with E-state index in [1.165, 1.54) is 50.2 Å². The molecule has 0 unspecified atom stereocenters. The number of phenolic OH excluding ortho intramolecular Hbond substituents is 1. The van der Waals surface area contributed by atoms with Crippen molar-refractivity contribution < 1.29 is 31.5 Å². The van der Waals surface area contributed by atoms with E-state index in [9.17, 15) is 36.8 Å². The molecule has 0 spiro atoms. The molecule has 0 bridgehead atoms. The first-order valence-corrected chi connectivity index (χ1v) is 15.9. The molecule has 13 nitrogen and oxygen atoms in total. The lowest BCUT2D eigenvalue weighted by molar-refractivity contribution is -0.136. The van der Waals surface area contributed by atoms with Gasteiger partial charge in [0.1, 0.15) is 17.5 Å². The van der Waals surface area contributed by atoms with E-state index in [2.05, 4.69) is 20.3 Å². The zero-order valence-corrected chi connectivity index (χ0v) is 25.2. The van der Waals surface area contributed by atoms with E-state index in [-0.39, 0.29) is 39.1 Å². The van der Waals surface area contributed by atoms with Gasteiger partial charge in [0.2, 0.25) is 15.8 Å². The van der Waals surface area contributed by atoms with Crippen LogP contribution < -0.4 is 15.2 Å². The lowest BCUT2D eigenvalue weighted by Gasteiger charge is -2.16. The van der Waals surface area contributed by atoms with Crippen LogP contribution in [0, 0.1) is 24.2 Å². The number of rotatable bonds is 9. The van der Waals surface area contributed by atoms with Crippen LogP contribution in [0.3, 0.4) is 0 Å². The summed E-state index contributed by atoms with van der Waals surface area (Å²) >= 11 is 0. The monoisotopic (exact) mass is 634 g/mol. The van der Waals surface area contributed by atoms with Crippen molar-refractivity contribution in [3.8, 4) is 11.8 Å². The first kappa shape index (κ1) is 31.8. The summed E-state index contributed by atoms with van der Waals surface area (Å²) in [7, 11) is -8.64. The highest BCUT2D eigenvalue weighted by atomic mass is 32.2. The number of Topliss-reactive ketones (excluding diaryl/α,β-unsaturated/α-hetero) is 1. The Kier molecular flexibility index (Phi) is 8.81. The van der Waals surface area contributed by atoms with E-state index in [1.807, 2.05) is 6.07 Å². The highest BCUT2D eigenvalue weighted by Crippen LogP contribution is 2.44. The molecule has 0 heterocycles. The van der Waals surface area contributed by atoms with Crippen molar-refractivity contribution in [2.45, 2.75) is 30.6 Å². The van der Waals surface area contributed by atoms with Crippen LogP contribution in [-0.4, -0.2) is 33.6 Å². The molecular weight excluding hydrogens is 608 g/mol. The van der Waals surface area contributed by atoms with Gasteiger partial charge in [0, 0.05) is 16.7 Å². The molecule has 4 aromatic carbocycles. The van der Waals surface area contributed by atoms with Crippen LogP contribution in [-0.2, 0) is 29.6 Å². The molecule has 0 aliphatic rings. The van der Waals surface area contributed by atoms with Crippen molar-refractivity contribution in [3.63, 3.8) is 0 Å². The minimum absolute atomic E-state index is 0.0247. The molecule has 5 N–H and O–H groups in total. The number of fused-ring (bicyclic) bond motifs is 1. The lowest BCUT2D eigenvalue weighted by Crippen LogP contribution is -2.26. The summed E-state index contributed by atoms with van der Waals surface area (Å²) in [6, 6.07) is 16.7. The fourth-order valence-corrected chi connectivity index (χ4v) is 5.86. The van der Waals surface area contributed by atoms with Crippen molar-refractivity contribution in [2.75, 3.05) is 10.0 Å². The van der Waals surface area contributed by atoms with Crippen LogP contribution in [0.15, 0.2) is 86.7 Å². The fourth-order valence-electron chi connectivity index (χ4n) is 4.11. The largest absolute Gasteiger partial charge is 0.505 e. The van der Waals surface area contributed by atoms with Gasteiger partial charge in [-0.25, -0.2) is 22.0 Å². The second-order valence-corrected chi connectivity index (χ2v) is 13.2. The molecule has 226 valence electrons. The SMILES string of the molecule is Cc1ccc(/N=N\c2cc(NC(=O)C(=O)C(C)C)c(O)c3cccc(NS(=O)(=O)c4cccc(S(N)(=O)=O)c4)c23)c(C#N)c1. The van der Waals surface area contributed by atoms with Crippen molar-refractivity contribution in [3.05, 3.63) is 77.9 Å². The number of hydrogen-bond donors (Lipinski definition) is 4. The number of sulfonamides is 2. The highest BCUT2D eigenvalue weighted by Gasteiger charge is 2.24. The third-order valence-corrected chi connectivity index (χ3v) is 8.61. The standard InChI is InChI=1S/C29H26N6O7S2/c1-16(2)27(36)29(38)32-25-14-24(34-33-22-11-10-17(3)12-18(22)15-30)26-21(28(25)37)8-5-9-23(26)35-44(41,42)20-7-4-6-19(13-20)43(31,39)40/h4-14,16,35,37H,1-3H3,(H,32,38)(H2,31,39,40)/b34-33-. The summed E-state index contributed by atoms with van der Waals surface area (Å²) in [6.07, 6.45) is 0. The van der Waals surface area contributed by atoms with E-state index < -0.39 is 53.2 Å². The fraction of sp³-hybridized carbons (Fsp3) is 0.138. The number of phenols is 1. The first-order chi connectivity index (χ1) is 20.6. The van der Waals surface area contributed by atoms with Gasteiger partial charge in [-0.3, -0.25) is 14.3 Å². The van der Waals surface area contributed by atoms with Gasteiger partial charge in [0.25, 0.3) is 15.9 Å². The maximum Gasteiger partial charge on any atom is 0.292 e. The Balaban J connectivity index is 1.92. The number of azo groups is 1. The Bertz CT molecular complexity index is 2120. The van der Waals surface area contributed by atoms with Gasteiger partial charge in [-0.1, -0.05) is 38.1 Å². The zero-order valence-electron chi connectivity index (χ0n) is 23.6. The van der Waals surface area contributed by atoms with Crippen molar-refractivity contribution in [1.29, 1.82) is 5.26 Å². The van der Waals surface area contributed by atoms with Crippen LogP contribution in [0.4, 0.5) is 22.7 Å². The number of nitrogens with one attached hydrogen (secondary N) is 2. The smallest absolute Gasteiger partial charge is 0.292 e. The first-order valence-electron chi connectivity index (χ1n) is 12.8. The second-order valence-electron chi connectivity index (χ2n) is 9.95. The molecule has 0 aromatic heterocycles. The molecule has 44 heavy (non-hydrogen) atoms. The van der Waals surface area contributed by atoms with Gasteiger partial charge in [0.05, 0.1) is 32.4 Å². The third kappa shape index (κ3) is 6.73. The number of carbonyl (C=O) groups is 2. The molecule has 0 radical (unpaired) electrons. The molecule has 0 aliphatic carbocycles. The molecule has 4 rings (SSSR count). The number of nitrogens with two attached hydrogens (primary N) is 1. The number of hydrogen-bond acceptors (Lipinski definition) is 10. The molecule has 0 saturated heterocycles. The summed E-state index contributed by atoms with van der Waals surface area (Å²) in [6.45, 7) is 4.86. The van der Waals surface area contributed by atoms with E-state index >= 15 is 0 Å². The Morgan fingerprint density at radius 1 is 0.909 bits per heavy atom. The number of aryl methyl sites for hydroxylation is 1. The van der Waals surface area contributed by atoms with Crippen LogP contribution in [0.1, 0.15) is 25.0 Å². The second kappa shape index (κ2) is 12.2. The van der Waals surface area contributed by atoms with Gasteiger partial charge in [-0.15, -0.1) is 10.2 Å². The maximum atomic E-state index is 13.4. The number of ketones is 1. The summed E-state index contributed by atoms with van der Waals surface area (Å²) in [4.78, 5) is 24.0. The molecule has 0 atom stereocenters. The number of nitrogens with zero attached hydrogens (tertiary/aromatic N) is 3.